The van der Waals surface area contributed by atoms with Gasteiger partial charge in [-0.1, -0.05) is 23.8 Å². The molecule has 0 amide bonds. The molecule has 0 bridgehead atoms. The van der Waals surface area contributed by atoms with Gasteiger partial charge in [0.25, 0.3) is 0 Å². The van der Waals surface area contributed by atoms with E-state index in [0.717, 1.165) is 25.4 Å². The maximum Gasteiger partial charge on any atom is 0.119 e. The molecular weight excluding hydrogens is 198 g/mol. The van der Waals surface area contributed by atoms with Gasteiger partial charge in [0, 0.05) is 13.1 Å². The average Bonchev–Trinajstić information content (AvgIpc) is 2.27. The fourth-order valence-electron chi connectivity index (χ4n) is 1.36. The first-order valence-corrected chi connectivity index (χ1v) is 5.78. The van der Waals surface area contributed by atoms with Crippen LogP contribution >= 0.6 is 0 Å². The van der Waals surface area contributed by atoms with Crippen molar-refractivity contribution in [2.45, 2.75) is 27.3 Å². The molecule has 0 spiro atoms. The molecule has 0 heterocycles. The fourth-order valence-corrected chi connectivity index (χ4v) is 1.36. The first-order chi connectivity index (χ1) is 7.72. The van der Waals surface area contributed by atoms with Gasteiger partial charge in [-0.3, -0.25) is 0 Å². The Kier molecular flexibility index (Phi) is 5.65. The zero-order chi connectivity index (χ0) is 11.8. The van der Waals surface area contributed by atoms with E-state index in [4.69, 9.17) is 4.74 Å². The summed E-state index contributed by atoms with van der Waals surface area (Å²) in [6.07, 6.45) is 2.19. The zero-order valence-corrected chi connectivity index (χ0v) is 10.4. The number of benzene rings is 1. The molecule has 0 aliphatic heterocycles. The largest absolute Gasteiger partial charge is 0.494 e. The third-order valence-corrected chi connectivity index (χ3v) is 2.22. The van der Waals surface area contributed by atoms with Gasteiger partial charge in [0.05, 0.1) is 6.61 Å². The van der Waals surface area contributed by atoms with Crippen LogP contribution in [-0.2, 0) is 6.54 Å². The van der Waals surface area contributed by atoms with Gasteiger partial charge in [0.2, 0.25) is 0 Å². The molecule has 0 aliphatic rings. The highest BCUT2D eigenvalue weighted by molar-refractivity contribution is 5.27. The maximum absolute atomic E-state index is 5.39. The van der Waals surface area contributed by atoms with E-state index < -0.39 is 0 Å². The molecule has 0 atom stereocenters. The van der Waals surface area contributed by atoms with E-state index >= 15 is 0 Å². The Balaban J connectivity index is 2.34. The van der Waals surface area contributed by atoms with Crippen molar-refractivity contribution in [2.24, 2.45) is 0 Å². The Morgan fingerprint density at radius 1 is 1.25 bits per heavy atom. The van der Waals surface area contributed by atoms with Gasteiger partial charge in [0.15, 0.2) is 0 Å². The van der Waals surface area contributed by atoms with Crippen LogP contribution < -0.4 is 10.1 Å². The molecule has 2 heteroatoms. The minimum Gasteiger partial charge on any atom is -0.494 e. The third-order valence-electron chi connectivity index (χ3n) is 2.22. The van der Waals surface area contributed by atoms with Crippen LogP contribution in [0.2, 0.25) is 0 Å². The van der Waals surface area contributed by atoms with Crippen LogP contribution in [0.3, 0.4) is 0 Å². The second kappa shape index (κ2) is 7.07. The minimum atomic E-state index is 0.720. The Bertz CT molecular complexity index is 323. The Morgan fingerprint density at radius 2 is 1.94 bits per heavy atom. The average molecular weight is 219 g/mol. The van der Waals surface area contributed by atoms with Gasteiger partial charge < -0.3 is 10.1 Å². The minimum absolute atomic E-state index is 0.720. The quantitative estimate of drug-likeness (QED) is 0.586. The van der Waals surface area contributed by atoms with E-state index in [1.165, 1.54) is 11.1 Å². The summed E-state index contributed by atoms with van der Waals surface area (Å²) in [6, 6.07) is 8.23. The summed E-state index contributed by atoms with van der Waals surface area (Å²) >= 11 is 0. The van der Waals surface area contributed by atoms with Crippen LogP contribution in [0, 0.1) is 0 Å². The van der Waals surface area contributed by atoms with Crippen LogP contribution in [0.5, 0.6) is 5.75 Å². The van der Waals surface area contributed by atoms with Gasteiger partial charge in [-0.05, 0) is 38.5 Å². The summed E-state index contributed by atoms with van der Waals surface area (Å²) in [6.45, 7) is 8.76. The molecule has 0 fully saturated rings. The number of nitrogens with one attached hydrogen (secondary N) is 1. The summed E-state index contributed by atoms with van der Waals surface area (Å²) in [4.78, 5) is 0. The standard InChI is InChI=1S/C14H21NO/c1-4-16-14-7-5-13(6-8-14)11-15-10-9-12(2)3/h5-9,15H,4,10-11H2,1-3H3. The van der Waals surface area contributed by atoms with Gasteiger partial charge >= 0.3 is 0 Å². The Morgan fingerprint density at radius 3 is 2.50 bits per heavy atom. The molecule has 1 N–H and O–H groups in total. The Hall–Kier alpha value is -1.28. The predicted molar refractivity (Wildman–Crippen MR) is 68.7 cm³/mol. The maximum atomic E-state index is 5.39. The van der Waals surface area contributed by atoms with Crippen molar-refractivity contribution in [2.75, 3.05) is 13.2 Å². The van der Waals surface area contributed by atoms with Crippen LogP contribution in [-0.4, -0.2) is 13.2 Å². The lowest BCUT2D eigenvalue weighted by Crippen LogP contribution is -2.12. The van der Waals surface area contributed by atoms with Gasteiger partial charge in [-0.15, -0.1) is 0 Å². The number of ether oxygens (including phenoxy) is 1. The van der Waals surface area contributed by atoms with E-state index in [1.807, 2.05) is 19.1 Å². The van der Waals surface area contributed by atoms with Crippen molar-refractivity contribution in [3.63, 3.8) is 0 Å². The molecule has 16 heavy (non-hydrogen) atoms. The molecule has 0 saturated heterocycles. The van der Waals surface area contributed by atoms with Gasteiger partial charge in [-0.25, -0.2) is 0 Å². The first kappa shape index (κ1) is 12.8. The number of allylic oxidation sites excluding steroid dienone is 1. The second-order valence-electron chi connectivity index (χ2n) is 3.99. The second-order valence-corrected chi connectivity index (χ2v) is 3.99. The Labute approximate surface area is 98.3 Å². The van der Waals surface area contributed by atoms with Crippen LogP contribution in [0.25, 0.3) is 0 Å². The van der Waals surface area contributed by atoms with Crippen molar-refractivity contribution < 1.29 is 4.74 Å². The number of rotatable bonds is 6. The van der Waals surface area contributed by atoms with Gasteiger partial charge in [-0.2, -0.15) is 0 Å². The predicted octanol–water partition coefficient (Wildman–Crippen LogP) is 3.14. The van der Waals surface area contributed by atoms with E-state index in [-0.39, 0.29) is 0 Å². The molecule has 88 valence electrons. The van der Waals surface area contributed by atoms with Crippen LogP contribution in [0.4, 0.5) is 0 Å². The van der Waals surface area contributed by atoms with E-state index in [2.05, 4.69) is 37.4 Å². The molecule has 2 nitrogen and oxygen atoms in total. The molecule has 0 aliphatic carbocycles. The SMILES string of the molecule is CCOc1ccc(CNCC=C(C)C)cc1. The van der Waals surface area contributed by atoms with Crippen molar-refractivity contribution in [3.05, 3.63) is 41.5 Å². The lowest BCUT2D eigenvalue weighted by Gasteiger charge is -2.05. The monoisotopic (exact) mass is 219 g/mol. The van der Waals surface area contributed by atoms with E-state index in [1.54, 1.807) is 0 Å². The highest BCUT2D eigenvalue weighted by Crippen LogP contribution is 2.11. The zero-order valence-electron chi connectivity index (χ0n) is 10.4. The summed E-state index contributed by atoms with van der Waals surface area (Å²) < 4.78 is 5.39. The molecule has 0 saturated carbocycles. The van der Waals surface area contributed by atoms with Crippen molar-refractivity contribution in [1.29, 1.82) is 0 Å². The molecular formula is C14H21NO. The molecule has 0 aromatic heterocycles. The van der Waals surface area contributed by atoms with E-state index in [0.29, 0.717) is 0 Å². The van der Waals surface area contributed by atoms with Gasteiger partial charge in [0.1, 0.15) is 5.75 Å². The van der Waals surface area contributed by atoms with Crippen LogP contribution in [0.15, 0.2) is 35.9 Å². The first-order valence-electron chi connectivity index (χ1n) is 5.78. The highest BCUT2D eigenvalue weighted by atomic mass is 16.5. The van der Waals surface area contributed by atoms with Crippen molar-refractivity contribution in [1.82, 2.24) is 5.32 Å². The molecule has 0 unspecified atom stereocenters. The summed E-state index contributed by atoms with van der Waals surface area (Å²) in [5, 5.41) is 3.37. The molecule has 1 rings (SSSR count). The summed E-state index contributed by atoms with van der Waals surface area (Å²) in [5.74, 6) is 0.940. The highest BCUT2D eigenvalue weighted by Gasteiger charge is 1.93. The third kappa shape index (κ3) is 4.99. The lowest BCUT2D eigenvalue weighted by atomic mass is 10.2. The topological polar surface area (TPSA) is 21.3 Å². The smallest absolute Gasteiger partial charge is 0.119 e. The van der Waals surface area contributed by atoms with Crippen molar-refractivity contribution in [3.8, 4) is 5.75 Å². The molecule has 1 aromatic carbocycles. The lowest BCUT2D eigenvalue weighted by molar-refractivity contribution is 0.340. The van der Waals surface area contributed by atoms with Crippen LogP contribution in [0.1, 0.15) is 26.3 Å². The normalized spacial score (nSPS) is 9.94. The van der Waals surface area contributed by atoms with Crippen molar-refractivity contribution >= 4 is 0 Å². The number of hydrogen-bond acceptors (Lipinski definition) is 2. The summed E-state index contributed by atoms with van der Waals surface area (Å²) in [5.41, 5.74) is 2.63. The number of hydrogen-bond donors (Lipinski definition) is 1. The van der Waals surface area contributed by atoms with E-state index in [9.17, 15) is 0 Å². The molecule has 0 radical (unpaired) electrons. The fraction of sp³-hybridized carbons (Fsp3) is 0.429. The summed E-state index contributed by atoms with van der Waals surface area (Å²) in [7, 11) is 0. The molecule has 1 aromatic rings.